The number of hydrogen-bond acceptors (Lipinski definition) is 5. The van der Waals surface area contributed by atoms with Crippen molar-refractivity contribution < 1.29 is 19.1 Å². The zero-order valence-corrected chi connectivity index (χ0v) is 16.8. The molecule has 3 rings (SSSR count). The predicted molar refractivity (Wildman–Crippen MR) is 107 cm³/mol. The maximum Gasteiger partial charge on any atom is 0.325 e. The van der Waals surface area contributed by atoms with Crippen LogP contribution in [0.15, 0.2) is 18.2 Å². The minimum absolute atomic E-state index is 0.0884. The zero-order valence-electron chi connectivity index (χ0n) is 16.8. The molecule has 0 spiro atoms. The highest BCUT2D eigenvalue weighted by Crippen LogP contribution is 2.34. The molecule has 1 aromatic rings. The molecule has 1 N–H and O–H groups in total. The number of nitrogens with zero attached hydrogens (tertiary/aromatic N) is 3. The predicted octanol–water partition coefficient (Wildman–Crippen LogP) is 1.55. The highest BCUT2D eigenvalue weighted by Gasteiger charge is 2.31. The van der Waals surface area contributed by atoms with Crippen molar-refractivity contribution in [2.24, 2.45) is 0 Å². The number of carbonyl (C=O) groups excluding carboxylic acids is 2. The molecule has 154 valence electrons. The Morgan fingerprint density at radius 1 is 1.14 bits per heavy atom. The lowest BCUT2D eigenvalue weighted by atomic mass is 10.2. The summed E-state index contributed by atoms with van der Waals surface area (Å²) in [7, 11) is 0. The number of hydrogen-bond donors (Lipinski definition) is 1. The van der Waals surface area contributed by atoms with Crippen molar-refractivity contribution in [1.29, 1.82) is 0 Å². The Labute approximate surface area is 166 Å². The Morgan fingerprint density at radius 2 is 1.89 bits per heavy atom. The smallest absolute Gasteiger partial charge is 0.325 e. The molecule has 1 aromatic carbocycles. The van der Waals surface area contributed by atoms with Crippen LogP contribution in [0, 0.1) is 0 Å². The molecule has 1 saturated heterocycles. The average Bonchev–Trinajstić information content (AvgIpc) is 3.08. The van der Waals surface area contributed by atoms with Crippen molar-refractivity contribution >= 4 is 17.6 Å². The average molecular weight is 390 g/mol. The zero-order chi connectivity index (χ0) is 19.9. The molecule has 28 heavy (non-hydrogen) atoms. The molecule has 0 saturated carbocycles. The van der Waals surface area contributed by atoms with Crippen molar-refractivity contribution in [3.63, 3.8) is 0 Å². The van der Waals surface area contributed by atoms with Gasteiger partial charge in [-0.3, -0.25) is 9.69 Å². The Balaban J connectivity index is 1.47. The number of carbonyl (C=O) groups is 2. The summed E-state index contributed by atoms with van der Waals surface area (Å²) in [5, 5.41) is 2.91. The topological polar surface area (TPSA) is 74.4 Å². The molecule has 1 fully saturated rings. The van der Waals surface area contributed by atoms with E-state index in [-0.39, 0.29) is 18.5 Å². The van der Waals surface area contributed by atoms with E-state index in [4.69, 9.17) is 9.47 Å². The summed E-state index contributed by atoms with van der Waals surface area (Å²) in [6, 6.07) is 5.34. The summed E-state index contributed by atoms with van der Waals surface area (Å²) < 4.78 is 11.1. The van der Waals surface area contributed by atoms with E-state index in [9.17, 15) is 9.59 Å². The second-order valence-electron chi connectivity index (χ2n) is 6.91. The van der Waals surface area contributed by atoms with Crippen LogP contribution in [0.5, 0.6) is 11.5 Å². The number of ether oxygens (including phenoxy) is 2. The first-order chi connectivity index (χ1) is 13.6. The standard InChI is InChI=1S/C20H30N4O4/c1-3-22(4-2)9-5-8-21-19(25)15-23-10-11-24(20(23)26)16-6-7-17-18(14-16)28-13-12-27-17/h6-7,14H,3-5,8-13,15H2,1-2H3,(H,21,25). The summed E-state index contributed by atoms with van der Waals surface area (Å²) in [6.07, 6.45) is 0.907. The molecule has 0 aliphatic carbocycles. The van der Waals surface area contributed by atoms with E-state index in [1.54, 1.807) is 9.80 Å². The maximum atomic E-state index is 12.7. The number of rotatable bonds is 9. The first-order valence-corrected chi connectivity index (χ1v) is 10.1. The van der Waals surface area contributed by atoms with Gasteiger partial charge in [0.15, 0.2) is 11.5 Å². The van der Waals surface area contributed by atoms with Crippen LogP contribution >= 0.6 is 0 Å². The maximum absolute atomic E-state index is 12.7. The molecule has 8 heteroatoms. The van der Waals surface area contributed by atoms with Gasteiger partial charge in [-0.2, -0.15) is 0 Å². The first-order valence-electron chi connectivity index (χ1n) is 10.1. The Kier molecular flexibility index (Phi) is 6.97. The first kappa shape index (κ1) is 20.3. The third-order valence-electron chi connectivity index (χ3n) is 5.13. The summed E-state index contributed by atoms with van der Waals surface area (Å²) in [6.45, 7) is 10.1. The van der Waals surface area contributed by atoms with Crippen LogP contribution < -0.4 is 19.7 Å². The van der Waals surface area contributed by atoms with Crippen LogP contribution in [0.1, 0.15) is 20.3 Å². The molecule has 2 aliphatic rings. The van der Waals surface area contributed by atoms with Crippen LogP contribution in [-0.2, 0) is 4.79 Å². The molecule has 2 heterocycles. The van der Waals surface area contributed by atoms with E-state index in [0.29, 0.717) is 44.3 Å². The van der Waals surface area contributed by atoms with Crippen molar-refractivity contribution in [2.45, 2.75) is 20.3 Å². The van der Waals surface area contributed by atoms with Crippen LogP contribution in [0.2, 0.25) is 0 Å². The molecule has 3 amide bonds. The second kappa shape index (κ2) is 9.64. The Hall–Kier alpha value is -2.48. The number of fused-ring (bicyclic) bond motifs is 1. The van der Waals surface area contributed by atoms with E-state index < -0.39 is 0 Å². The number of urea groups is 1. The SMILES string of the molecule is CCN(CC)CCCNC(=O)CN1CCN(c2ccc3c(c2)OCCO3)C1=O. The van der Waals surface area contributed by atoms with Crippen molar-refractivity contribution in [3.05, 3.63) is 18.2 Å². The van der Waals surface area contributed by atoms with Crippen LogP contribution in [0.3, 0.4) is 0 Å². The number of amides is 3. The molecule has 8 nitrogen and oxygen atoms in total. The molecule has 0 unspecified atom stereocenters. The summed E-state index contributed by atoms with van der Waals surface area (Å²) >= 11 is 0. The third kappa shape index (κ3) is 4.86. The van der Waals surface area contributed by atoms with E-state index in [2.05, 4.69) is 24.1 Å². The van der Waals surface area contributed by atoms with E-state index in [1.807, 2.05) is 18.2 Å². The molecule has 2 aliphatic heterocycles. The van der Waals surface area contributed by atoms with Crippen LogP contribution in [-0.4, -0.2) is 80.8 Å². The van der Waals surface area contributed by atoms with Gasteiger partial charge in [0.2, 0.25) is 5.91 Å². The lowest BCUT2D eigenvalue weighted by Crippen LogP contribution is -2.40. The van der Waals surface area contributed by atoms with Gasteiger partial charge in [-0.15, -0.1) is 0 Å². The molecule has 0 bridgehead atoms. The molecular formula is C20H30N4O4. The third-order valence-corrected chi connectivity index (χ3v) is 5.13. The van der Waals surface area contributed by atoms with Gasteiger partial charge in [-0.25, -0.2) is 4.79 Å². The van der Waals surface area contributed by atoms with E-state index in [0.717, 1.165) is 31.7 Å². The van der Waals surface area contributed by atoms with E-state index >= 15 is 0 Å². The normalized spacial score (nSPS) is 16.0. The van der Waals surface area contributed by atoms with Gasteiger partial charge >= 0.3 is 6.03 Å². The minimum atomic E-state index is -0.157. The van der Waals surface area contributed by atoms with Gasteiger partial charge in [-0.05, 0) is 38.2 Å². The van der Waals surface area contributed by atoms with Crippen LogP contribution in [0.25, 0.3) is 0 Å². The lowest BCUT2D eigenvalue weighted by Gasteiger charge is -2.22. The highest BCUT2D eigenvalue weighted by molar-refractivity contribution is 5.96. The Bertz CT molecular complexity index is 693. The van der Waals surface area contributed by atoms with Crippen molar-refractivity contribution in [1.82, 2.24) is 15.1 Å². The van der Waals surface area contributed by atoms with Crippen molar-refractivity contribution in [2.75, 3.05) is 63.9 Å². The highest BCUT2D eigenvalue weighted by atomic mass is 16.6. The number of anilines is 1. The lowest BCUT2D eigenvalue weighted by molar-refractivity contribution is -0.121. The summed E-state index contributed by atoms with van der Waals surface area (Å²) in [5.41, 5.74) is 0.761. The number of benzene rings is 1. The largest absolute Gasteiger partial charge is 0.486 e. The fourth-order valence-electron chi connectivity index (χ4n) is 3.47. The molecule has 0 atom stereocenters. The van der Waals surface area contributed by atoms with E-state index in [1.165, 1.54) is 0 Å². The van der Waals surface area contributed by atoms with Gasteiger partial charge < -0.3 is 24.6 Å². The summed E-state index contributed by atoms with van der Waals surface area (Å²) in [4.78, 5) is 30.5. The quantitative estimate of drug-likeness (QED) is 0.648. The van der Waals surface area contributed by atoms with Crippen LogP contribution in [0.4, 0.5) is 10.5 Å². The fraction of sp³-hybridized carbons (Fsp3) is 0.600. The van der Waals surface area contributed by atoms with Gasteiger partial charge in [0, 0.05) is 31.4 Å². The fourth-order valence-corrected chi connectivity index (χ4v) is 3.47. The van der Waals surface area contributed by atoms with Gasteiger partial charge in [0.05, 0.1) is 0 Å². The van der Waals surface area contributed by atoms with Gasteiger partial charge in [0.1, 0.15) is 19.8 Å². The second-order valence-corrected chi connectivity index (χ2v) is 6.91. The summed E-state index contributed by atoms with van der Waals surface area (Å²) in [5.74, 6) is 1.24. The number of nitrogens with one attached hydrogen (secondary N) is 1. The molecule has 0 radical (unpaired) electrons. The monoisotopic (exact) mass is 390 g/mol. The van der Waals surface area contributed by atoms with Gasteiger partial charge in [-0.1, -0.05) is 13.8 Å². The molecule has 0 aromatic heterocycles. The molecular weight excluding hydrogens is 360 g/mol. The van der Waals surface area contributed by atoms with Gasteiger partial charge in [0.25, 0.3) is 0 Å². The Morgan fingerprint density at radius 3 is 2.64 bits per heavy atom. The van der Waals surface area contributed by atoms with Crippen molar-refractivity contribution in [3.8, 4) is 11.5 Å². The minimum Gasteiger partial charge on any atom is -0.486 e.